The summed E-state index contributed by atoms with van der Waals surface area (Å²) in [5, 5.41) is 2.60. The topological polar surface area (TPSA) is 38.3 Å². The predicted octanol–water partition coefficient (Wildman–Crippen LogP) is 3.77. The van der Waals surface area contributed by atoms with Crippen molar-refractivity contribution in [1.82, 2.24) is 0 Å². The maximum atomic E-state index is 13.4. The van der Waals surface area contributed by atoms with Crippen LogP contribution < -0.4 is 10.1 Å². The first-order valence-corrected chi connectivity index (χ1v) is 6.72. The molecule has 2 aromatic rings. The molecule has 2 rings (SSSR count). The van der Waals surface area contributed by atoms with Crippen LogP contribution in [-0.2, 0) is 4.79 Å². The van der Waals surface area contributed by atoms with Crippen molar-refractivity contribution in [3.8, 4) is 5.75 Å². The lowest BCUT2D eigenvalue weighted by molar-refractivity contribution is -0.118. The van der Waals surface area contributed by atoms with E-state index in [1.54, 1.807) is 19.1 Å². The minimum Gasteiger partial charge on any atom is -0.484 e. The van der Waals surface area contributed by atoms with E-state index in [-0.39, 0.29) is 18.3 Å². The summed E-state index contributed by atoms with van der Waals surface area (Å²) in [5.41, 5.74) is 3.24. The number of carbonyl (C=O) groups is 1. The molecule has 0 saturated carbocycles. The van der Waals surface area contributed by atoms with Gasteiger partial charge in [-0.2, -0.15) is 0 Å². The van der Waals surface area contributed by atoms with Gasteiger partial charge in [0.05, 0.1) is 0 Å². The Morgan fingerprint density at radius 2 is 1.76 bits per heavy atom. The smallest absolute Gasteiger partial charge is 0.262 e. The molecule has 0 spiro atoms. The molecule has 110 valence electrons. The van der Waals surface area contributed by atoms with Crippen LogP contribution in [0, 0.1) is 26.6 Å². The van der Waals surface area contributed by atoms with Crippen molar-refractivity contribution < 1.29 is 13.9 Å². The number of hydrogen-bond acceptors (Lipinski definition) is 2. The Morgan fingerprint density at radius 1 is 1.05 bits per heavy atom. The van der Waals surface area contributed by atoms with E-state index >= 15 is 0 Å². The van der Waals surface area contributed by atoms with Gasteiger partial charge in [0, 0.05) is 5.69 Å². The largest absolute Gasteiger partial charge is 0.484 e. The quantitative estimate of drug-likeness (QED) is 0.929. The average molecular weight is 287 g/mol. The van der Waals surface area contributed by atoms with Gasteiger partial charge in [-0.3, -0.25) is 4.79 Å². The number of aryl methyl sites for hydroxylation is 3. The molecule has 0 saturated heterocycles. The highest BCUT2D eigenvalue weighted by Gasteiger charge is 2.06. The summed E-state index contributed by atoms with van der Waals surface area (Å²) in [6, 6.07) is 10.2. The fraction of sp³-hybridized carbons (Fsp3) is 0.235. The van der Waals surface area contributed by atoms with Gasteiger partial charge in [0.2, 0.25) is 0 Å². The second-order valence-electron chi connectivity index (χ2n) is 5.05. The minimum absolute atomic E-state index is 0.113. The Kier molecular flexibility index (Phi) is 4.58. The maximum Gasteiger partial charge on any atom is 0.262 e. The normalized spacial score (nSPS) is 10.3. The Hall–Kier alpha value is -2.36. The molecule has 0 heterocycles. The van der Waals surface area contributed by atoms with Gasteiger partial charge in [0.1, 0.15) is 11.6 Å². The molecule has 2 aromatic carbocycles. The summed E-state index contributed by atoms with van der Waals surface area (Å²) >= 11 is 0. The third-order valence-corrected chi connectivity index (χ3v) is 3.30. The van der Waals surface area contributed by atoms with Gasteiger partial charge in [-0.25, -0.2) is 4.39 Å². The third kappa shape index (κ3) is 4.05. The first-order valence-electron chi connectivity index (χ1n) is 6.72. The van der Waals surface area contributed by atoms with E-state index in [1.165, 1.54) is 11.6 Å². The van der Waals surface area contributed by atoms with E-state index in [1.807, 2.05) is 32.0 Å². The lowest BCUT2D eigenvalue weighted by Gasteiger charge is -2.09. The molecular weight excluding hydrogens is 269 g/mol. The van der Waals surface area contributed by atoms with Gasteiger partial charge in [0.25, 0.3) is 5.91 Å². The van der Waals surface area contributed by atoms with Crippen LogP contribution in [0.25, 0.3) is 0 Å². The summed E-state index contributed by atoms with van der Waals surface area (Å²) in [6.07, 6.45) is 0. The molecule has 0 radical (unpaired) electrons. The molecule has 21 heavy (non-hydrogen) atoms. The maximum absolute atomic E-state index is 13.4. The number of benzene rings is 2. The molecule has 0 fully saturated rings. The zero-order valence-electron chi connectivity index (χ0n) is 12.4. The Bertz CT molecular complexity index is 668. The van der Waals surface area contributed by atoms with E-state index < -0.39 is 0 Å². The zero-order chi connectivity index (χ0) is 15.4. The van der Waals surface area contributed by atoms with E-state index in [4.69, 9.17) is 4.74 Å². The number of rotatable bonds is 4. The fourth-order valence-corrected chi connectivity index (χ4v) is 1.82. The van der Waals surface area contributed by atoms with Crippen LogP contribution in [0.15, 0.2) is 36.4 Å². The highest BCUT2D eigenvalue weighted by molar-refractivity contribution is 5.91. The van der Waals surface area contributed by atoms with Gasteiger partial charge in [-0.05, 0) is 61.7 Å². The number of hydrogen-bond donors (Lipinski definition) is 1. The number of ether oxygens (including phenoxy) is 1. The standard InChI is InChI=1S/C17H18FNO2/c1-11-5-7-15(8-13(11)3)21-10-17(20)19-14-6-4-12(2)16(18)9-14/h4-9H,10H2,1-3H3,(H,19,20). The van der Waals surface area contributed by atoms with Gasteiger partial charge in [-0.1, -0.05) is 12.1 Å². The van der Waals surface area contributed by atoms with E-state index in [0.717, 1.165) is 5.56 Å². The second-order valence-corrected chi connectivity index (χ2v) is 5.05. The van der Waals surface area contributed by atoms with Crippen LogP contribution >= 0.6 is 0 Å². The van der Waals surface area contributed by atoms with Crippen molar-refractivity contribution in [2.75, 3.05) is 11.9 Å². The number of amides is 1. The Balaban J connectivity index is 1.92. The molecule has 0 bridgehead atoms. The van der Waals surface area contributed by atoms with Crippen LogP contribution in [0.3, 0.4) is 0 Å². The molecule has 0 unspecified atom stereocenters. The molecule has 4 heteroatoms. The SMILES string of the molecule is Cc1ccc(OCC(=O)Nc2ccc(C)c(F)c2)cc1C. The number of carbonyl (C=O) groups excluding carboxylic acids is 1. The van der Waals surface area contributed by atoms with Crippen LogP contribution in [0.2, 0.25) is 0 Å². The first-order chi connectivity index (χ1) is 9.95. The van der Waals surface area contributed by atoms with E-state index in [9.17, 15) is 9.18 Å². The molecule has 0 atom stereocenters. The third-order valence-electron chi connectivity index (χ3n) is 3.30. The summed E-state index contributed by atoms with van der Waals surface area (Å²) in [5.74, 6) is -0.0253. The number of nitrogens with one attached hydrogen (secondary N) is 1. The van der Waals surface area contributed by atoms with Crippen molar-refractivity contribution in [2.24, 2.45) is 0 Å². The van der Waals surface area contributed by atoms with Crippen LogP contribution in [0.5, 0.6) is 5.75 Å². The molecule has 3 nitrogen and oxygen atoms in total. The predicted molar refractivity (Wildman–Crippen MR) is 81.2 cm³/mol. The van der Waals surface area contributed by atoms with Crippen LogP contribution in [0.4, 0.5) is 10.1 Å². The molecule has 0 aliphatic heterocycles. The summed E-state index contributed by atoms with van der Waals surface area (Å²) < 4.78 is 18.8. The second kappa shape index (κ2) is 6.39. The van der Waals surface area contributed by atoms with Crippen molar-refractivity contribution in [3.63, 3.8) is 0 Å². The molecular formula is C17H18FNO2. The van der Waals surface area contributed by atoms with Crippen LogP contribution in [0.1, 0.15) is 16.7 Å². The minimum atomic E-state index is -0.345. The number of halogens is 1. The highest BCUT2D eigenvalue weighted by atomic mass is 19.1. The zero-order valence-corrected chi connectivity index (χ0v) is 12.4. The van der Waals surface area contributed by atoms with Crippen LogP contribution in [-0.4, -0.2) is 12.5 Å². The van der Waals surface area contributed by atoms with Gasteiger partial charge < -0.3 is 10.1 Å². The molecule has 1 N–H and O–H groups in total. The van der Waals surface area contributed by atoms with Crippen molar-refractivity contribution in [3.05, 3.63) is 58.9 Å². The lowest BCUT2D eigenvalue weighted by atomic mass is 10.1. The van der Waals surface area contributed by atoms with Gasteiger partial charge >= 0.3 is 0 Å². The van der Waals surface area contributed by atoms with E-state index in [2.05, 4.69) is 5.32 Å². The van der Waals surface area contributed by atoms with Crippen molar-refractivity contribution in [2.45, 2.75) is 20.8 Å². The molecule has 0 aliphatic carbocycles. The highest BCUT2D eigenvalue weighted by Crippen LogP contribution is 2.17. The molecule has 1 amide bonds. The summed E-state index contributed by atoms with van der Waals surface area (Å²) in [6.45, 7) is 5.55. The molecule has 0 aliphatic rings. The van der Waals surface area contributed by atoms with Gasteiger partial charge in [0.15, 0.2) is 6.61 Å². The van der Waals surface area contributed by atoms with E-state index in [0.29, 0.717) is 17.0 Å². The van der Waals surface area contributed by atoms with Crippen molar-refractivity contribution >= 4 is 11.6 Å². The van der Waals surface area contributed by atoms with Crippen molar-refractivity contribution in [1.29, 1.82) is 0 Å². The Labute approximate surface area is 123 Å². The van der Waals surface area contributed by atoms with Gasteiger partial charge in [-0.15, -0.1) is 0 Å². The molecule has 0 aromatic heterocycles. The summed E-state index contributed by atoms with van der Waals surface area (Å²) in [4.78, 5) is 11.8. The summed E-state index contributed by atoms with van der Waals surface area (Å²) in [7, 11) is 0. The average Bonchev–Trinajstić information content (AvgIpc) is 2.44. The fourth-order valence-electron chi connectivity index (χ4n) is 1.82. The monoisotopic (exact) mass is 287 g/mol. The Morgan fingerprint density at radius 3 is 2.43 bits per heavy atom. The lowest BCUT2D eigenvalue weighted by Crippen LogP contribution is -2.20. The first kappa shape index (κ1) is 15.0. The number of anilines is 1.